The lowest BCUT2D eigenvalue weighted by Gasteiger charge is -2.15. The number of halogens is 4. The zero-order valence-electron chi connectivity index (χ0n) is 12.5. The van der Waals surface area contributed by atoms with Gasteiger partial charge in [-0.1, -0.05) is 29.8 Å². The van der Waals surface area contributed by atoms with E-state index in [-0.39, 0.29) is 6.42 Å². The summed E-state index contributed by atoms with van der Waals surface area (Å²) in [5.74, 6) is -2.60. The molecule has 10 heteroatoms. The second-order valence-corrected chi connectivity index (χ2v) is 6.34. The highest BCUT2D eigenvalue weighted by Crippen LogP contribution is 2.30. The zero-order valence-corrected chi connectivity index (χ0v) is 14.1. The number of thiazole rings is 1. The number of carbonyl (C=O) groups is 2. The summed E-state index contributed by atoms with van der Waals surface area (Å²) in [5.41, 5.74) is 0.981. The van der Waals surface area contributed by atoms with Crippen molar-refractivity contribution >= 4 is 34.8 Å². The molecule has 134 valence electrons. The van der Waals surface area contributed by atoms with Crippen LogP contribution in [0.1, 0.15) is 12.1 Å². The van der Waals surface area contributed by atoms with Gasteiger partial charge in [0.05, 0.1) is 23.6 Å². The fourth-order valence-corrected chi connectivity index (χ4v) is 3.13. The van der Waals surface area contributed by atoms with Crippen LogP contribution in [0.15, 0.2) is 29.6 Å². The number of alkyl halides is 3. The van der Waals surface area contributed by atoms with Gasteiger partial charge in [0.2, 0.25) is 5.91 Å². The molecule has 0 radical (unpaired) electrons. The highest BCUT2D eigenvalue weighted by Gasteiger charge is 2.36. The average molecular weight is 393 g/mol. The van der Waals surface area contributed by atoms with E-state index in [9.17, 15) is 22.8 Å². The van der Waals surface area contributed by atoms with Gasteiger partial charge in [-0.3, -0.25) is 4.79 Å². The molecule has 0 saturated carbocycles. The van der Waals surface area contributed by atoms with Crippen LogP contribution in [0.2, 0.25) is 5.02 Å². The van der Waals surface area contributed by atoms with Crippen LogP contribution < -0.4 is 5.32 Å². The lowest BCUT2D eigenvalue weighted by Crippen LogP contribution is -2.44. The number of benzene rings is 1. The molecule has 0 aliphatic heterocycles. The minimum atomic E-state index is -4.70. The van der Waals surface area contributed by atoms with Crippen molar-refractivity contribution in [3.63, 3.8) is 0 Å². The topological polar surface area (TPSA) is 79.3 Å². The van der Waals surface area contributed by atoms with E-state index in [2.05, 4.69) is 4.98 Å². The van der Waals surface area contributed by atoms with Gasteiger partial charge < -0.3 is 10.4 Å². The first kappa shape index (κ1) is 19.2. The number of hydrogen-bond acceptors (Lipinski definition) is 4. The Labute approximate surface area is 149 Å². The minimum absolute atomic E-state index is 0.313. The summed E-state index contributed by atoms with van der Waals surface area (Å²) in [7, 11) is 0. The van der Waals surface area contributed by atoms with Crippen LogP contribution in [0.3, 0.4) is 0 Å². The first-order chi connectivity index (χ1) is 11.7. The van der Waals surface area contributed by atoms with Crippen LogP contribution in [-0.2, 0) is 16.0 Å². The van der Waals surface area contributed by atoms with Crippen LogP contribution in [0, 0.1) is 0 Å². The number of nitrogens with zero attached hydrogens (tertiary/aromatic N) is 1. The van der Waals surface area contributed by atoms with Crippen molar-refractivity contribution in [1.82, 2.24) is 10.3 Å². The van der Waals surface area contributed by atoms with Gasteiger partial charge in [0.25, 0.3) is 0 Å². The molecule has 1 amide bonds. The Hall–Kier alpha value is -2.13. The third-order valence-corrected chi connectivity index (χ3v) is 4.32. The van der Waals surface area contributed by atoms with Gasteiger partial charge in [0, 0.05) is 10.9 Å². The molecular weight excluding hydrogens is 381 g/mol. The molecule has 2 aromatic rings. The molecular formula is C15H12ClF3N2O3S. The molecule has 0 fully saturated rings. The molecule has 0 spiro atoms. The van der Waals surface area contributed by atoms with Crippen molar-refractivity contribution in [2.75, 3.05) is 0 Å². The smallest absolute Gasteiger partial charge is 0.391 e. The number of aliphatic carboxylic acids is 1. The molecule has 0 bridgehead atoms. The monoisotopic (exact) mass is 392 g/mol. The van der Waals surface area contributed by atoms with E-state index >= 15 is 0 Å². The van der Waals surface area contributed by atoms with Crippen LogP contribution in [0.4, 0.5) is 13.2 Å². The molecule has 0 saturated heterocycles. The quantitative estimate of drug-likeness (QED) is 0.788. The van der Waals surface area contributed by atoms with Crippen molar-refractivity contribution in [1.29, 1.82) is 0 Å². The van der Waals surface area contributed by atoms with Gasteiger partial charge >= 0.3 is 12.1 Å². The molecule has 2 N–H and O–H groups in total. The third kappa shape index (κ3) is 5.71. The third-order valence-electron chi connectivity index (χ3n) is 3.07. The van der Waals surface area contributed by atoms with Gasteiger partial charge in [-0.15, -0.1) is 11.3 Å². The summed E-state index contributed by atoms with van der Waals surface area (Å²) in [6.07, 6.45) is -6.67. The Morgan fingerprint density at radius 1 is 1.32 bits per heavy atom. The van der Waals surface area contributed by atoms with Crippen molar-refractivity contribution < 1.29 is 27.9 Å². The van der Waals surface area contributed by atoms with Crippen LogP contribution in [0.5, 0.6) is 0 Å². The Kier molecular flexibility index (Phi) is 6.02. The first-order valence-electron chi connectivity index (χ1n) is 6.94. The molecule has 1 aromatic carbocycles. The number of hydrogen-bond donors (Lipinski definition) is 2. The summed E-state index contributed by atoms with van der Waals surface area (Å²) in [4.78, 5) is 26.9. The maximum Gasteiger partial charge on any atom is 0.391 e. The van der Waals surface area contributed by atoms with Gasteiger partial charge in [-0.2, -0.15) is 13.2 Å². The van der Waals surface area contributed by atoms with Gasteiger partial charge in [-0.25, -0.2) is 9.78 Å². The van der Waals surface area contributed by atoms with E-state index in [0.717, 1.165) is 0 Å². The van der Waals surface area contributed by atoms with E-state index in [1.807, 2.05) is 5.32 Å². The predicted octanol–water partition coefficient (Wildman–Crippen LogP) is 3.53. The standard InChI is InChI=1S/C15H12ClF3N2O3S/c16-10-4-2-1-3-9(10)13-20-8(7-25-13)5-12(22)21-11(14(23)24)6-15(17,18)19/h1-4,7,11H,5-6H2,(H,21,22)(H,23,24). The Bertz CT molecular complexity index is 779. The van der Waals surface area contributed by atoms with E-state index in [1.54, 1.807) is 29.6 Å². The SMILES string of the molecule is O=C(Cc1csc(-c2ccccc2Cl)n1)NC(CC(F)(F)F)C(=O)O. The van der Waals surface area contributed by atoms with Crippen molar-refractivity contribution in [2.45, 2.75) is 25.1 Å². The van der Waals surface area contributed by atoms with Gasteiger partial charge in [-0.05, 0) is 6.07 Å². The van der Waals surface area contributed by atoms with Crippen molar-refractivity contribution in [2.24, 2.45) is 0 Å². The predicted molar refractivity (Wildman–Crippen MR) is 86.5 cm³/mol. The Morgan fingerprint density at radius 2 is 2.00 bits per heavy atom. The lowest BCUT2D eigenvalue weighted by molar-refractivity contribution is -0.159. The Morgan fingerprint density at radius 3 is 2.60 bits per heavy atom. The van der Waals surface area contributed by atoms with Crippen molar-refractivity contribution in [3.05, 3.63) is 40.4 Å². The highest BCUT2D eigenvalue weighted by molar-refractivity contribution is 7.13. The van der Waals surface area contributed by atoms with Crippen molar-refractivity contribution in [3.8, 4) is 10.6 Å². The molecule has 0 aliphatic carbocycles. The summed E-state index contributed by atoms with van der Waals surface area (Å²) in [6, 6.07) is 4.91. The molecule has 0 aliphatic rings. The van der Waals surface area contributed by atoms with E-state index in [4.69, 9.17) is 16.7 Å². The highest BCUT2D eigenvalue weighted by atomic mass is 35.5. The average Bonchev–Trinajstić information content (AvgIpc) is 2.93. The number of rotatable bonds is 6. The van der Waals surface area contributed by atoms with Gasteiger partial charge in [0.1, 0.15) is 11.0 Å². The van der Waals surface area contributed by atoms with Crippen LogP contribution in [-0.4, -0.2) is 34.2 Å². The lowest BCUT2D eigenvalue weighted by atomic mass is 10.2. The minimum Gasteiger partial charge on any atom is -0.480 e. The Balaban J connectivity index is 2.04. The molecule has 1 aromatic heterocycles. The maximum atomic E-state index is 12.3. The number of nitrogens with one attached hydrogen (secondary N) is 1. The maximum absolute atomic E-state index is 12.3. The van der Waals surface area contributed by atoms with Gasteiger partial charge in [0.15, 0.2) is 0 Å². The van der Waals surface area contributed by atoms with E-state index in [1.165, 1.54) is 11.3 Å². The van der Waals surface area contributed by atoms with E-state index in [0.29, 0.717) is 21.3 Å². The number of carbonyl (C=O) groups excluding carboxylic acids is 1. The number of carboxylic acid groups (broad SMARTS) is 1. The normalized spacial score (nSPS) is 12.6. The number of amides is 1. The zero-order chi connectivity index (χ0) is 18.6. The fraction of sp³-hybridized carbons (Fsp3) is 0.267. The molecule has 1 heterocycles. The fourth-order valence-electron chi connectivity index (χ4n) is 1.99. The molecule has 2 rings (SSSR count). The summed E-state index contributed by atoms with van der Waals surface area (Å²) >= 11 is 7.28. The first-order valence-corrected chi connectivity index (χ1v) is 8.19. The molecule has 1 atom stereocenters. The summed E-state index contributed by atoms with van der Waals surface area (Å²) in [6.45, 7) is 0. The summed E-state index contributed by atoms with van der Waals surface area (Å²) < 4.78 is 37.0. The number of aromatic nitrogens is 1. The number of carboxylic acids is 1. The molecule has 5 nitrogen and oxygen atoms in total. The molecule has 1 unspecified atom stereocenters. The summed E-state index contributed by atoms with van der Waals surface area (Å²) in [5, 5.41) is 13.3. The van der Waals surface area contributed by atoms with Crippen LogP contribution in [0.25, 0.3) is 10.6 Å². The second kappa shape index (κ2) is 7.83. The molecule has 25 heavy (non-hydrogen) atoms. The largest absolute Gasteiger partial charge is 0.480 e. The van der Waals surface area contributed by atoms with E-state index < -0.39 is 30.5 Å². The second-order valence-electron chi connectivity index (χ2n) is 5.08. The van der Waals surface area contributed by atoms with Crippen LogP contribution >= 0.6 is 22.9 Å².